The van der Waals surface area contributed by atoms with Crippen molar-refractivity contribution in [3.63, 3.8) is 0 Å². The monoisotopic (exact) mass is 268 g/mol. The van der Waals surface area contributed by atoms with E-state index in [-0.39, 0.29) is 0 Å². The Kier molecular flexibility index (Phi) is 3.08. The van der Waals surface area contributed by atoms with Gasteiger partial charge in [-0.1, -0.05) is 11.8 Å². The van der Waals surface area contributed by atoms with E-state index < -0.39 is 0 Å². The number of rotatable bonds is 3. The summed E-state index contributed by atoms with van der Waals surface area (Å²) < 4.78 is 1.68. The number of nitrogens with zero attached hydrogens (tertiary/aromatic N) is 6. The second kappa shape index (κ2) is 5.04. The first kappa shape index (κ1) is 11.6. The van der Waals surface area contributed by atoms with Crippen LogP contribution in [0.3, 0.4) is 0 Å². The van der Waals surface area contributed by atoms with E-state index in [1.165, 1.54) is 11.8 Å². The van der Waals surface area contributed by atoms with Crippen LogP contribution >= 0.6 is 11.8 Å². The summed E-state index contributed by atoms with van der Waals surface area (Å²) in [7, 11) is 0. The van der Waals surface area contributed by atoms with Crippen molar-refractivity contribution in [3.05, 3.63) is 36.7 Å². The fourth-order valence-electron chi connectivity index (χ4n) is 1.64. The zero-order valence-corrected chi connectivity index (χ0v) is 10.6. The lowest BCUT2D eigenvalue weighted by Crippen LogP contribution is -1.96. The third kappa shape index (κ3) is 2.26. The Morgan fingerprint density at radius 3 is 2.79 bits per heavy atom. The minimum absolute atomic E-state index is 0.366. The van der Waals surface area contributed by atoms with Crippen molar-refractivity contribution in [3.8, 4) is 17.5 Å². The van der Waals surface area contributed by atoms with Crippen LogP contribution in [0.4, 0.5) is 0 Å². The lowest BCUT2D eigenvalue weighted by Gasteiger charge is -2.00. The fraction of sp³-hybridized carbons (Fsp3) is 0.0833. The molecule has 3 aromatic rings. The topological polar surface area (TPSA) is 79.8 Å². The highest BCUT2D eigenvalue weighted by molar-refractivity contribution is 7.99. The molecule has 92 valence electrons. The van der Waals surface area contributed by atoms with Gasteiger partial charge >= 0.3 is 0 Å². The van der Waals surface area contributed by atoms with Gasteiger partial charge in [0.05, 0.1) is 11.8 Å². The first-order valence-electron chi connectivity index (χ1n) is 5.51. The number of aromatic nitrogens is 5. The van der Waals surface area contributed by atoms with Crippen LogP contribution in [0.25, 0.3) is 17.0 Å². The van der Waals surface area contributed by atoms with Crippen LogP contribution in [0.2, 0.25) is 0 Å². The van der Waals surface area contributed by atoms with E-state index in [0.29, 0.717) is 17.2 Å². The van der Waals surface area contributed by atoms with Crippen LogP contribution in [0.5, 0.6) is 0 Å². The van der Waals surface area contributed by atoms with Crippen molar-refractivity contribution < 1.29 is 0 Å². The SMILES string of the molecule is N#CCSc1ccc2nnc(-c3ccncc3)n2n1. The summed E-state index contributed by atoms with van der Waals surface area (Å²) in [5, 5.41) is 22.0. The van der Waals surface area contributed by atoms with Gasteiger partial charge in [-0.25, -0.2) is 0 Å². The molecular weight excluding hydrogens is 260 g/mol. The largest absolute Gasteiger partial charge is 0.265 e. The normalized spacial score (nSPS) is 10.5. The van der Waals surface area contributed by atoms with Crippen LogP contribution in [0.1, 0.15) is 0 Å². The van der Waals surface area contributed by atoms with Gasteiger partial charge in [0, 0.05) is 18.0 Å². The third-order valence-corrected chi connectivity index (χ3v) is 3.25. The average molecular weight is 268 g/mol. The maximum atomic E-state index is 8.60. The fourth-order valence-corrected chi connectivity index (χ4v) is 2.15. The zero-order valence-electron chi connectivity index (χ0n) is 9.76. The summed E-state index contributed by atoms with van der Waals surface area (Å²) in [5.41, 5.74) is 1.57. The van der Waals surface area contributed by atoms with E-state index in [2.05, 4.69) is 26.3 Å². The number of hydrogen-bond acceptors (Lipinski definition) is 6. The highest BCUT2D eigenvalue weighted by atomic mass is 32.2. The predicted molar refractivity (Wildman–Crippen MR) is 70.4 cm³/mol. The van der Waals surface area contributed by atoms with E-state index in [4.69, 9.17) is 5.26 Å². The summed E-state index contributed by atoms with van der Waals surface area (Å²) in [5.74, 6) is 1.03. The summed E-state index contributed by atoms with van der Waals surface area (Å²) in [6.45, 7) is 0. The van der Waals surface area contributed by atoms with Crippen molar-refractivity contribution >= 4 is 17.4 Å². The van der Waals surface area contributed by atoms with Crippen molar-refractivity contribution in [2.24, 2.45) is 0 Å². The van der Waals surface area contributed by atoms with Gasteiger partial charge in [-0.05, 0) is 24.3 Å². The van der Waals surface area contributed by atoms with Gasteiger partial charge in [0.15, 0.2) is 11.5 Å². The first-order chi connectivity index (χ1) is 9.38. The number of thioether (sulfide) groups is 1. The summed E-state index contributed by atoms with van der Waals surface area (Å²) in [6.07, 6.45) is 3.40. The third-order valence-electron chi connectivity index (χ3n) is 2.46. The first-order valence-corrected chi connectivity index (χ1v) is 6.49. The van der Waals surface area contributed by atoms with Crippen LogP contribution < -0.4 is 0 Å². The number of hydrogen-bond donors (Lipinski definition) is 0. The molecule has 0 N–H and O–H groups in total. The van der Waals surface area contributed by atoms with Gasteiger partial charge < -0.3 is 0 Å². The summed E-state index contributed by atoms with van der Waals surface area (Å²) in [6, 6.07) is 9.46. The molecular formula is C12H8N6S. The second-order valence-corrected chi connectivity index (χ2v) is 4.64. The van der Waals surface area contributed by atoms with Gasteiger partial charge in [-0.15, -0.1) is 10.2 Å². The van der Waals surface area contributed by atoms with Gasteiger partial charge in [-0.3, -0.25) is 4.98 Å². The molecule has 0 bridgehead atoms. The zero-order chi connectivity index (χ0) is 13.1. The quantitative estimate of drug-likeness (QED) is 0.674. The lowest BCUT2D eigenvalue weighted by molar-refractivity contribution is 0.861. The molecule has 7 heteroatoms. The van der Waals surface area contributed by atoms with E-state index >= 15 is 0 Å². The maximum absolute atomic E-state index is 8.60. The van der Waals surface area contributed by atoms with Crippen molar-refractivity contribution in [1.82, 2.24) is 24.8 Å². The second-order valence-electron chi connectivity index (χ2n) is 3.65. The summed E-state index contributed by atoms with van der Waals surface area (Å²) in [4.78, 5) is 3.98. The molecule has 3 heterocycles. The van der Waals surface area contributed by atoms with E-state index in [1.54, 1.807) is 16.9 Å². The Morgan fingerprint density at radius 1 is 1.16 bits per heavy atom. The molecule has 0 amide bonds. The number of fused-ring (bicyclic) bond motifs is 1. The van der Waals surface area contributed by atoms with E-state index in [1.807, 2.05) is 24.3 Å². The van der Waals surface area contributed by atoms with Crippen LogP contribution in [0.15, 0.2) is 41.7 Å². The van der Waals surface area contributed by atoms with Gasteiger partial charge in [0.25, 0.3) is 0 Å². The molecule has 0 aliphatic carbocycles. The van der Waals surface area contributed by atoms with Crippen molar-refractivity contribution in [2.45, 2.75) is 5.03 Å². The molecule has 0 atom stereocenters. The number of nitriles is 1. The molecule has 0 aliphatic rings. The Morgan fingerprint density at radius 2 is 2.00 bits per heavy atom. The molecule has 0 aromatic carbocycles. The molecule has 0 aliphatic heterocycles. The van der Waals surface area contributed by atoms with Crippen molar-refractivity contribution in [2.75, 3.05) is 5.75 Å². The minimum atomic E-state index is 0.366. The highest BCUT2D eigenvalue weighted by Crippen LogP contribution is 2.19. The standard InChI is InChI=1S/C12H8N6S/c13-5-8-19-11-2-1-10-15-16-12(18(10)17-11)9-3-6-14-7-4-9/h1-4,6-7H,8H2. The van der Waals surface area contributed by atoms with Crippen LogP contribution in [0, 0.1) is 11.3 Å². The maximum Gasteiger partial charge on any atom is 0.185 e. The molecule has 0 fully saturated rings. The molecule has 3 aromatic heterocycles. The molecule has 6 nitrogen and oxygen atoms in total. The molecule has 3 rings (SSSR count). The Labute approximate surface area is 113 Å². The Bertz CT molecular complexity index is 746. The predicted octanol–water partition coefficient (Wildman–Crippen LogP) is 1.80. The van der Waals surface area contributed by atoms with Crippen LogP contribution in [-0.4, -0.2) is 30.5 Å². The minimum Gasteiger partial charge on any atom is -0.265 e. The molecule has 0 saturated heterocycles. The molecule has 19 heavy (non-hydrogen) atoms. The van der Waals surface area contributed by atoms with Crippen LogP contribution in [-0.2, 0) is 0 Å². The Balaban J connectivity index is 2.09. The smallest absolute Gasteiger partial charge is 0.185 e. The van der Waals surface area contributed by atoms with E-state index in [0.717, 1.165) is 10.6 Å². The average Bonchev–Trinajstić information content (AvgIpc) is 2.89. The van der Waals surface area contributed by atoms with Gasteiger partial charge in [0.1, 0.15) is 5.03 Å². The van der Waals surface area contributed by atoms with Gasteiger partial charge in [-0.2, -0.15) is 14.9 Å². The highest BCUT2D eigenvalue weighted by Gasteiger charge is 2.09. The molecule has 0 unspecified atom stereocenters. The lowest BCUT2D eigenvalue weighted by atomic mass is 10.2. The molecule has 0 radical (unpaired) electrons. The summed E-state index contributed by atoms with van der Waals surface area (Å²) >= 11 is 1.38. The molecule has 0 spiro atoms. The molecule has 0 saturated carbocycles. The van der Waals surface area contributed by atoms with Gasteiger partial charge in [0.2, 0.25) is 0 Å². The Hall–Kier alpha value is -2.46. The van der Waals surface area contributed by atoms with Crippen molar-refractivity contribution in [1.29, 1.82) is 5.26 Å². The van der Waals surface area contributed by atoms with E-state index in [9.17, 15) is 0 Å². The number of pyridine rings is 1.